The van der Waals surface area contributed by atoms with E-state index in [0.29, 0.717) is 23.8 Å². The molecule has 136 valence electrons. The molecule has 0 radical (unpaired) electrons. The summed E-state index contributed by atoms with van der Waals surface area (Å²) in [7, 11) is 6.63. The van der Waals surface area contributed by atoms with Crippen LogP contribution in [0.15, 0.2) is 34.6 Å². The zero-order valence-corrected chi connectivity index (χ0v) is 15.9. The van der Waals surface area contributed by atoms with Crippen molar-refractivity contribution in [3.05, 3.63) is 40.1 Å². The predicted molar refractivity (Wildman–Crippen MR) is 102 cm³/mol. The maximum absolute atomic E-state index is 5.47. The number of hydrogen-bond acceptors (Lipinski definition) is 5. The molecule has 0 saturated carbocycles. The Morgan fingerprint density at radius 3 is 2.32 bits per heavy atom. The van der Waals surface area contributed by atoms with Gasteiger partial charge in [-0.2, -0.15) is 0 Å². The third-order valence-electron chi connectivity index (χ3n) is 3.72. The Bertz CT molecular complexity index is 662. The van der Waals surface area contributed by atoms with Crippen LogP contribution in [-0.4, -0.2) is 40.9 Å². The van der Waals surface area contributed by atoms with Crippen LogP contribution in [0.3, 0.4) is 0 Å². The largest absolute Gasteiger partial charge is 0.496 e. The summed E-state index contributed by atoms with van der Waals surface area (Å²) >= 11 is 1.76. The minimum absolute atomic E-state index is 0.523. The highest BCUT2D eigenvalue weighted by molar-refractivity contribution is 7.09. The SMILES string of the molecule is CN=C(NCCc1cccs1)NCc1c(OC)cc(OC)cc1OC. The van der Waals surface area contributed by atoms with Gasteiger partial charge in [-0.3, -0.25) is 4.99 Å². The molecule has 0 aliphatic heterocycles. The first-order chi connectivity index (χ1) is 12.2. The van der Waals surface area contributed by atoms with Crippen LogP contribution in [0.25, 0.3) is 0 Å². The minimum atomic E-state index is 0.523. The Hall–Kier alpha value is -2.41. The first kappa shape index (κ1) is 18.9. The van der Waals surface area contributed by atoms with E-state index in [1.54, 1.807) is 39.7 Å². The van der Waals surface area contributed by atoms with Gasteiger partial charge in [-0.1, -0.05) is 6.07 Å². The van der Waals surface area contributed by atoms with Crippen LogP contribution in [0.5, 0.6) is 17.2 Å². The molecule has 0 saturated heterocycles. The first-order valence-corrected chi connectivity index (χ1v) is 8.85. The molecule has 1 aromatic carbocycles. The number of hydrogen-bond donors (Lipinski definition) is 2. The summed E-state index contributed by atoms with van der Waals surface area (Å²) in [6, 6.07) is 7.88. The molecule has 2 aromatic rings. The summed E-state index contributed by atoms with van der Waals surface area (Å²) in [5.41, 5.74) is 0.909. The lowest BCUT2D eigenvalue weighted by atomic mass is 10.1. The highest BCUT2D eigenvalue weighted by atomic mass is 32.1. The van der Waals surface area contributed by atoms with Gasteiger partial charge in [-0.05, 0) is 17.9 Å². The van der Waals surface area contributed by atoms with Gasteiger partial charge >= 0.3 is 0 Å². The van der Waals surface area contributed by atoms with Crippen molar-refractivity contribution in [2.75, 3.05) is 34.9 Å². The molecule has 0 amide bonds. The third kappa shape index (κ3) is 5.29. The van der Waals surface area contributed by atoms with Gasteiger partial charge in [0.1, 0.15) is 17.2 Å². The van der Waals surface area contributed by atoms with Crippen LogP contribution >= 0.6 is 11.3 Å². The fourth-order valence-electron chi connectivity index (χ4n) is 2.40. The van der Waals surface area contributed by atoms with E-state index in [1.807, 2.05) is 12.1 Å². The molecule has 0 bridgehead atoms. The Labute approximate surface area is 152 Å². The second-order valence-electron chi connectivity index (χ2n) is 5.19. The van der Waals surface area contributed by atoms with Gasteiger partial charge in [0.15, 0.2) is 5.96 Å². The van der Waals surface area contributed by atoms with Crippen molar-refractivity contribution in [1.29, 1.82) is 0 Å². The normalized spacial score (nSPS) is 11.1. The van der Waals surface area contributed by atoms with Crippen LogP contribution in [-0.2, 0) is 13.0 Å². The second kappa shape index (κ2) is 9.78. The molecule has 0 fully saturated rings. The molecule has 0 atom stereocenters. The zero-order chi connectivity index (χ0) is 18.1. The molecule has 1 aromatic heterocycles. The zero-order valence-electron chi connectivity index (χ0n) is 15.1. The topological polar surface area (TPSA) is 64.1 Å². The number of ether oxygens (including phenoxy) is 3. The van der Waals surface area contributed by atoms with Gasteiger partial charge in [0.05, 0.1) is 33.4 Å². The highest BCUT2D eigenvalue weighted by Crippen LogP contribution is 2.33. The van der Waals surface area contributed by atoms with E-state index in [2.05, 4.69) is 33.1 Å². The van der Waals surface area contributed by atoms with Gasteiger partial charge in [-0.15, -0.1) is 11.3 Å². The molecule has 6 nitrogen and oxygen atoms in total. The maximum atomic E-state index is 5.47. The average Bonchev–Trinajstić information content (AvgIpc) is 3.17. The predicted octanol–water partition coefficient (Wildman–Crippen LogP) is 2.68. The molecule has 1 heterocycles. The van der Waals surface area contributed by atoms with E-state index in [-0.39, 0.29) is 0 Å². The number of benzene rings is 1. The number of thiophene rings is 1. The number of nitrogens with one attached hydrogen (secondary N) is 2. The van der Waals surface area contributed by atoms with Crippen molar-refractivity contribution >= 4 is 17.3 Å². The van der Waals surface area contributed by atoms with Gasteiger partial charge < -0.3 is 24.8 Å². The van der Waals surface area contributed by atoms with Gasteiger partial charge in [0.25, 0.3) is 0 Å². The number of methoxy groups -OCH3 is 3. The molecule has 25 heavy (non-hydrogen) atoms. The Balaban J connectivity index is 1.98. The van der Waals surface area contributed by atoms with Crippen LogP contribution in [0.2, 0.25) is 0 Å². The summed E-state index contributed by atoms with van der Waals surface area (Å²) in [5, 5.41) is 8.70. The van der Waals surface area contributed by atoms with Crippen LogP contribution in [0, 0.1) is 0 Å². The van der Waals surface area contributed by atoms with E-state index in [1.165, 1.54) is 4.88 Å². The molecule has 0 aliphatic carbocycles. The number of guanidine groups is 1. The van der Waals surface area contributed by atoms with E-state index in [4.69, 9.17) is 14.2 Å². The van der Waals surface area contributed by atoms with E-state index in [9.17, 15) is 0 Å². The molecule has 2 rings (SSSR count). The summed E-state index contributed by atoms with van der Waals surface area (Å²) in [5.74, 6) is 2.84. The Kier molecular flexibility index (Phi) is 7.40. The molecule has 0 spiro atoms. The molecular formula is C18H25N3O3S. The van der Waals surface area contributed by atoms with Crippen molar-refractivity contribution < 1.29 is 14.2 Å². The van der Waals surface area contributed by atoms with Gasteiger partial charge in [-0.25, -0.2) is 0 Å². The summed E-state index contributed by atoms with van der Waals surface area (Å²) in [6.07, 6.45) is 0.966. The standard InChI is InChI=1S/C18H25N3O3S/c1-19-18(20-8-7-14-6-5-9-25-14)21-12-15-16(23-3)10-13(22-2)11-17(15)24-4/h5-6,9-11H,7-8,12H2,1-4H3,(H2,19,20,21). The van der Waals surface area contributed by atoms with E-state index >= 15 is 0 Å². The summed E-state index contributed by atoms with van der Waals surface area (Å²) in [6.45, 7) is 1.34. The van der Waals surface area contributed by atoms with Crippen molar-refractivity contribution in [2.45, 2.75) is 13.0 Å². The average molecular weight is 363 g/mol. The van der Waals surface area contributed by atoms with Crippen molar-refractivity contribution in [1.82, 2.24) is 10.6 Å². The van der Waals surface area contributed by atoms with Crippen LogP contribution < -0.4 is 24.8 Å². The fourth-order valence-corrected chi connectivity index (χ4v) is 3.11. The summed E-state index contributed by atoms with van der Waals surface area (Å²) in [4.78, 5) is 5.61. The monoisotopic (exact) mass is 363 g/mol. The molecular weight excluding hydrogens is 338 g/mol. The smallest absolute Gasteiger partial charge is 0.191 e. The molecule has 0 unspecified atom stereocenters. The Morgan fingerprint density at radius 1 is 1.08 bits per heavy atom. The summed E-state index contributed by atoms with van der Waals surface area (Å²) < 4.78 is 16.2. The molecule has 0 aliphatic rings. The number of aliphatic imine (C=N–C) groups is 1. The lowest BCUT2D eigenvalue weighted by Gasteiger charge is -2.17. The number of nitrogens with zero attached hydrogens (tertiary/aromatic N) is 1. The molecule has 7 heteroatoms. The lowest BCUT2D eigenvalue weighted by molar-refractivity contribution is 0.368. The van der Waals surface area contributed by atoms with Gasteiger partial charge in [0.2, 0.25) is 0 Å². The van der Waals surface area contributed by atoms with E-state index < -0.39 is 0 Å². The molecule has 2 N–H and O–H groups in total. The van der Waals surface area contributed by atoms with E-state index in [0.717, 1.165) is 24.5 Å². The van der Waals surface area contributed by atoms with Crippen molar-refractivity contribution in [3.8, 4) is 17.2 Å². The lowest BCUT2D eigenvalue weighted by Crippen LogP contribution is -2.37. The minimum Gasteiger partial charge on any atom is -0.496 e. The first-order valence-electron chi connectivity index (χ1n) is 7.97. The van der Waals surface area contributed by atoms with Gasteiger partial charge in [0, 0.05) is 30.6 Å². The third-order valence-corrected chi connectivity index (χ3v) is 4.65. The maximum Gasteiger partial charge on any atom is 0.191 e. The fraction of sp³-hybridized carbons (Fsp3) is 0.389. The number of rotatable bonds is 8. The Morgan fingerprint density at radius 2 is 1.80 bits per heavy atom. The highest BCUT2D eigenvalue weighted by Gasteiger charge is 2.13. The quantitative estimate of drug-likeness (QED) is 0.558. The van der Waals surface area contributed by atoms with Crippen molar-refractivity contribution in [2.24, 2.45) is 4.99 Å². The second-order valence-corrected chi connectivity index (χ2v) is 6.22. The van der Waals surface area contributed by atoms with Crippen molar-refractivity contribution in [3.63, 3.8) is 0 Å². The van der Waals surface area contributed by atoms with Crippen LogP contribution in [0.1, 0.15) is 10.4 Å². The van der Waals surface area contributed by atoms with Crippen LogP contribution in [0.4, 0.5) is 0 Å².